The molecule has 0 aliphatic heterocycles. The van der Waals surface area contributed by atoms with Crippen molar-refractivity contribution in [2.24, 2.45) is 0 Å². The number of pyridine rings is 1. The molecule has 0 atom stereocenters. The van der Waals surface area contributed by atoms with Gasteiger partial charge in [0.2, 0.25) is 0 Å². The molecule has 6 heteroatoms. The Morgan fingerprint density at radius 3 is 2.89 bits per heavy atom. The second kappa shape index (κ2) is 5.10. The molecule has 0 aliphatic carbocycles. The van der Waals surface area contributed by atoms with Gasteiger partial charge < -0.3 is 14.4 Å². The quantitative estimate of drug-likeness (QED) is 0.921. The normalized spacial score (nSPS) is 10.3. The van der Waals surface area contributed by atoms with E-state index >= 15 is 0 Å². The number of anilines is 1. The number of aromatic carboxylic acids is 1. The molecular formula is C12H11ClN2O3. The highest BCUT2D eigenvalue weighted by Crippen LogP contribution is 2.20. The van der Waals surface area contributed by atoms with Crippen molar-refractivity contribution in [1.82, 2.24) is 4.98 Å². The van der Waals surface area contributed by atoms with E-state index in [4.69, 9.17) is 21.1 Å². The lowest BCUT2D eigenvalue weighted by Gasteiger charge is -2.17. The monoisotopic (exact) mass is 266 g/mol. The Hall–Kier alpha value is -2.01. The average molecular weight is 267 g/mol. The largest absolute Gasteiger partial charge is 0.476 e. The zero-order valence-electron chi connectivity index (χ0n) is 9.63. The third-order valence-electron chi connectivity index (χ3n) is 2.40. The summed E-state index contributed by atoms with van der Waals surface area (Å²) in [6.45, 7) is 0.501. The molecule has 0 aromatic carbocycles. The lowest BCUT2D eigenvalue weighted by Crippen LogP contribution is -2.18. The first-order chi connectivity index (χ1) is 8.58. The van der Waals surface area contributed by atoms with E-state index in [1.165, 1.54) is 6.07 Å². The van der Waals surface area contributed by atoms with Crippen molar-refractivity contribution in [2.45, 2.75) is 6.54 Å². The van der Waals surface area contributed by atoms with E-state index in [1.54, 1.807) is 30.3 Å². The van der Waals surface area contributed by atoms with Gasteiger partial charge in [0, 0.05) is 7.05 Å². The van der Waals surface area contributed by atoms with Crippen LogP contribution in [0.15, 0.2) is 34.9 Å². The highest BCUT2D eigenvalue weighted by molar-refractivity contribution is 6.33. The maximum Gasteiger partial charge on any atom is 0.356 e. The molecule has 0 bridgehead atoms. The zero-order chi connectivity index (χ0) is 13.1. The Bertz CT molecular complexity index is 554. The number of hydrogen-bond donors (Lipinski definition) is 1. The molecule has 5 nitrogen and oxygen atoms in total. The summed E-state index contributed by atoms with van der Waals surface area (Å²) in [5, 5.41) is 9.07. The summed E-state index contributed by atoms with van der Waals surface area (Å²) in [5.74, 6) is 0.146. The number of aromatic nitrogens is 1. The molecule has 0 amide bonds. The molecule has 0 saturated carbocycles. The average Bonchev–Trinajstić information content (AvgIpc) is 2.81. The number of carboxylic acid groups (broad SMARTS) is 1. The minimum absolute atomic E-state index is 0.123. The van der Waals surface area contributed by atoms with Gasteiger partial charge in [0.15, 0.2) is 5.69 Å². The minimum Gasteiger partial charge on any atom is -0.476 e. The molecular weight excluding hydrogens is 256 g/mol. The standard InChI is InChI=1S/C12H11ClN2O3/c1-15(7-8-3-2-6-18-8)10-5-4-9(13)11(14-10)12(16)17/h2-6H,7H2,1H3,(H,16,17). The Balaban J connectivity index is 2.22. The topological polar surface area (TPSA) is 66.6 Å². The van der Waals surface area contributed by atoms with Crippen LogP contribution in [0.3, 0.4) is 0 Å². The Labute approximate surface area is 109 Å². The van der Waals surface area contributed by atoms with Crippen LogP contribution in [0.1, 0.15) is 16.2 Å². The maximum absolute atomic E-state index is 10.9. The zero-order valence-corrected chi connectivity index (χ0v) is 10.4. The first-order valence-electron chi connectivity index (χ1n) is 5.21. The van der Waals surface area contributed by atoms with Crippen LogP contribution >= 0.6 is 11.6 Å². The SMILES string of the molecule is CN(Cc1ccco1)c1ccc(Cl)c(C(=O)O)n1. The second-order valence-electron chi connectivity index (χ2n) is 3.74. The van der Waals surface area contributed by atoms with Crippen molar-refractivity contribution in [3.05, 3.63) is 47.0 Å². The molecule has 2 rings (SSSR count). The summed E-state index contributed by atoms with van der Waals surface area (Å²) in [7, 11) is 1.80. The fourth-order valence-electron chi connectivity index (χ4n) is 1.51. The fourth-order valence-corrected chi connectivity index (χ4v) is 1.70. The lowest BCUT2D eigenvalue weighted by atomic mass is 10.3. The van der Waals surface area contributed by atoms with Gasteiger partial charge in [-0.2, -0.15) is 0 Å². The van der Waals surface area contributed by atoms with Gasteiger partial charge in [-0.05, 0) is 24.3 Å². The fraction of sp³-hybridized carbons (Fsp3) is 0.167. The van der Waals surface area contributed by atoms with E-state index in [9.17, 15) is 4.79 Å². The summed E-state index contributed by atoms with van der Waals surface area (Å²) >= 11 is 5.76. The molecule has 0 spiro atoms. The number of carbonyl (C=O) groups is 1. The molecule has 2 aromatic rings. The molecule has 2 aromatic heterocycles. The van der Waals surface area contributed by atoms with E-state index in [1.807, 2.05) is 6.07 Å². The third-order valence-corrected chi connectivity index (χ3v) is 2.70. The van der Waals surface area contributed by atoms with Gasteiger partial charge in [0.25, 0.3) is 0 Å². The predicted octanol–water partition coefficient (Wildman–Crippen LogP) is 2.66. The second-order valence-corrected chi connectivity index (χ2v) is 4.15. The molecule has 0 unspecified atom stereocenters. The first kappa shape index (κ1) is 12.4. The smallest absolute Gasteiger partial charge is 0.356 e. The summed E-state index contributed by atoms with van der Waals surface area (Å²) in [6.07, 6.45) is 1.58. The van der Waals surface area contributed by atoms with Crippen molar-refractivity contribution in [2.75, 3.05) is 11.9 Å². The summed E-state index contributed by atoms with van der Waals surface area (Å²) < 4.78 is 5.22. The van der Waals surface area contributed by atoms with Crippen molar-refractivity contribution >= 4 is 23.4 Å². The van der Waals surface area contributed by atoms with E-state index in [0.717, 1.165) is 5.76 Å². The number of rotatable bonds is 4. The Kier molecular flexibility index (Phi) is 3.53. The van der Waals surface area contributed by atoms with Gasteiger partial charge in [-0.1, -0.05) is 11.6 Å². The Morgan fingerprint density at radius 1 is 1.50 bits per heavy atom. The van der Waals surface area contributed by atoms with Crippen LogP contribution in [0.5, 0.6) is 0 Å². The summed E-state index contributed by atoms with van der Waals surface area (Å²) in [5.41, 5.74) is -0.152. The van der Waals surface area contributed by atoms with Gasteiger partial charge in [-0.3, -0.25) is 0 Å². The molecule has 0 radical (unpaired) electrons. The van der Waals surface area contributed by atoms with Gasteiger partial charge in [-0.25, -0.2) is 9.78 Å². The molecule has 0 saturated heterocycles. The van der Waals surface area contributed by atoms with Crippen molar-refractivity contribution in [3.63, 3.8) is 0 Å². The van der Waals surface area contributed by atoms with E-state index in [-0.39, 0.29) is 10.7 Å². The van der Waals surface area contributed by atoms with E-state index in [0.29, 0.717) is 12.4 Å². The maximum atomic E-state index is 10.9. The molecule has 0 fully saturated rings. The van der Waals surface area contributed by atoms with Crippen LogP contribution in [0.4, 0.5) is 5.82 Å². The van der Waals surface area contributed by atoms with Gasteiger partial charge in [0.1, 0.15) is 11.6 Å². The van der Waals surface area contributed by atoms with E-state index < -0.39 is 5.97 Å². The first-order valence-corrected chi connectivity index (χ1v) is 5.59. The summed E-state index contributed by atoms with van der Waals surface area (Å²) in [4.78, 5) is 16.7. The van der Waals surface area contributed by atoms with Gasteiger partial charge in [-0.15, -0.1) is 0 Å². The molecule has 0 aliphatic rings. The van der Waals surface area contributed by atoms with Crippen LogP contribution in [-0.2, 0) is 6.54 Å². The Morgan fingerprint density at radius 2 is 2.28 bits per heavy atom. The molecule has 2 heterocycles. The van der Waals surface area contributed by atoms with Crippen molar-refractivity contribution in [1.29, 1.82) is 0 Å². The third kappa shape index (κ3) is 2.62. The van der Waals surface area contributed by atoms with E-state index in [2.05, 4.69) is 4.98 Å². The van der Waals surface area contributed by atoms with Crippen LogP contribution in [0.2, 0.25) is 5.02 Å². The molecule has 94 valence electrons. The molecule has 18 heavy (non-hydrogen) atoms. The summed E-state index contributed by atoms with van der Waals surface area (Å²) in [6, 6.07) is 6.81. The number of nitrogens with zero attached hydrogens (tertiary/aromatic N) is 2. The van der Waals surface area contributed by atoms with Crippen LogP contribution in [-0.4, -0.2) is 23.1 Å². The number of hydrogen-bond acceptors (Lipinski definition) is 4. The number of halogens is 1. The van der Waals surface area contributed by atoms with Crippen molar-refractivity contribution < 1.29 is 14.3 Å². The molecule has 1 N–H and O–H groups in total. The van der Waals surface area contributed by atoms with Crippen molar-refractivity contribution in [3.8, 4) is 0 Å². The minimum atomic E-state index is -1.15. The number of carboxylic acids is 1. The predicted molar refractivity (Wildman–Crippen MR) is 67.0 cm³/mol. The van der Waals surface area contributed by atoms with Crippen LogP contribution in [0, 0.1) is 0 Å². The van der Waals surface area contributed by atoms with Gasteiger partial charge >= 0.3 is 5.97 Å². The highest BCUT2D eigenvalue weighted by Gasteiger charge is 2.13. The van der Waals surface area contributed by atoms with Gasteiger partial charge in [0.05, 0.1) is 17.8 Å². The van der Waals surface area contributed by atoms with Crippen LogP contribution < -0.4 is 4.90 Å². The number of furan rings is 1. The van der Waals surface area contributed by atoms with Crippen LogP contribution in [0.25, 0.3) is 0 Å². The highest BCUT2D eigenvalue weighted by atomic mass is 35.5. The lowest BCUT2D eigenvalue weighted by molar-refractivity contribution is 0.0691.